The molecule has 5 heterocycles. The second-order valence-corrected chi connectivity index (χ2v) is 8.81. The minimum Gasteiger partial charge on any atom is -0.371 e. The van der Waals surface area contributed by atoms with Gasteiger partial charge in [-0.05, 0) is 31.9 Å². The Labute approximate surface area is 186 Å². The predicted molar refractivity (Wildman–Crippen MR) is 111 cm³/mol. The van der Waals surface area contributed by atoms with Crippen molar-refractivity contribution in [1.29, 1.82) is 0 Å². The SMILES string of the molecule is Cc1nn(CC(F)F)c2nc(N3CCC4(CCN(c5ccnc(C(F)(F)F)c5)C4)C3)ncc12. The van der Waals surface area contributed by atoms with E-state index in [9.17, 15) is 22.0 Å². The maximum Gasteiger partial charge on any atom is 0.433 e. The summed E-state index contributed by atoms with van der Waals surface area (Å²) in [6.45, 7) is 3.80. The summed E-state index contributed by atoms with van der Waals surface area (Å²) in [5.41, 5.74) is 0.488. The lowest BCUT2D eigenvalue weighted by Crippen LogP contribution is -2.31. The zero-order chi connectivity index (χ0) is 23.4. The van der Waals surface area contributed by atoms with E-state index < -0.39 is 24.8 Å². The quantitative estimate of drug-likeness (QED) is 0.542. The molecule has 0 amide bonds. The summed E-state index contributed by atoms with van der Waals surface area (Å²) in [4.78, 5) is 16.4. The molecular weight excluding hydrogens is 445 g/mol. The van der Waals surface area contributed by atoms with E-state index >= 15 is 0 Å². The molecule has 1 atom stereocenters. The Morgan fingerprint density at radius 2 is 1.82 bits per heavy atom. The van der Waals surface area contributed by atoms with Crippen LogP contribution in [0.15, 0.2) is 24.5 Å². The number of aryl methyl sites for hydroxylation is 1. The van der Waals surface area contributed by atoms with E-state index in [0.717, 1.165) is 18.9 Å². The van der Waals surface area contributed by atoms with E-state index in [-0.39, 0.29) is 5.41 Å². The van der Waals surface area contributed by atoms with Crippen LogP contribution in [0.4, 0.5) is 33.6 Å². The van der Waals surface area contributed by atoms with Crippen LogP contribution in [-0.4, -0.2) is 57.3 Å². The molecule has 3 aromatic heterocycles. The molecule has 3 aromatic rings. The molecule has 0 saturated carbocycles. The summed E-state index contributed by atoms with van der Waals surface area (Å²) in [5, 5.41) is 4.80. The van der Waals surface area contributed by atoms with E-state index in [2.05, 4.69) is 20.1 Å². The summed E-state index contributed by atoms with van der Waals surface area (Å²) < 4.78 is 66.2. The van der Waals surface area contributed by atoms with Crippen LogP contribution < -0.4 is 9.80 Å². The number of alkyl halides is 5. The lowest BCUT2D eigenvalue weighted by Gasteiger charge is -2.26. The first kappa shape index (κ1) is 21.8. The molecule has 176 valence electrons. The number of fused-ring (bicyclic) bond motifs is 1. The van der Waals surface area contributed by atoms with Crippen LogP contribution in [0.2, 0.25) is 0 Å². The number of aromatic nitrogens is 5. The van der Waals surface area contributed by atoms with Crippen molar-refractivity contribution in [3.8, 4) is 0 Å². The number of hydrogen-bond donors (Lipinski definition) is 0. The van der Waals surface area contributed by atoms with Crippen LogP contribution in [0.25, 0.3) is 11.0 Å². The van der Waals surface area contributed by atoms with Crippen LogP contribution in [0.1, 0.15) is 24.2 Å². The molecule has 1 unspecified atom stereocenters. The van der Waals surface area contributed by atoms with Crippen LogP contribution in [-0.2, 0) is 12.7 Å². The second kappa shape index (κ2) is 7.77. The first-order chi connectivity index (χ1) is 15.6. The fraction of sp³-hybridized carbons (Fsp3) is 0.524. The van der Waals surface area contributed by atoms with Crippen LogP contribution in [0, 0.1) is 12.3 Å². The highest BCUT2D eigenvalue weighted by molar-refractivity contribution is 5.78. The summed E-state index contributed by atoms with van der Waals surface area (Å²) in [6, 6.07) is 2.69. The zero-order valence-electron chi connectivity index (χ0n) is 17.9. The molecule has 0 aliphatic carbocycles. The molecule has 0 radical (unpaired) electrons. The highest BCUT2D eigenvalue weighted by Gasteiger charge is 2.44. The van der Waals surface area contributed by atoms with Gasteiger partial charge in [0, 0.05) is 49.7 Å². The zero-order valence-corrected chi connectivity index (χ0v) is 17.9. The van der Waals surface area contributed by atoms with Gasteiger partial charge in [0.1, 0.15) is 12.2 Å². The fourth-order valence-electron chi connectivity index (χ4n) is 4.87. The van der Waals surface area contributed by atoms with Crippen LogP contribution >= 0.6 is 0 Å². The fourth-order valence-corrected chi connectivity index (χ4v) is 4.87. The third-order valence-electron chi connectivity index (χ3n) is 6.53. The molecule has 0 N–H and O–H groups in total. The predicted octanol–water partition coefficient (Wildman–Crippen LogP) is 3.92. The Balaban J connectivity index is 1.34. The van der Waals surface area contributed by atoms with Gasteiger partial charge in [0.2, 0.25) is 5.95 Å². The van der Waals surface area contributed by atoms with Gasteiger partial charge in [-0.15, -0.1) is 0 Å². The average Bonchev–Trinajstić information content (AvgIpc) is 3.46. The van der Waals surface area contributed by atoms with Gasteiger partial charge in [0.15, 0.2) is 5.65 Å². The van der Waals surface area contributed by atoms with Crippen molar-refractivity contribution in [2.24, 2.45) is 5.41 Å². The maximum atomic E-state index is 13.0. The van der Waals surface area contributed by atoms with Crippen LogP contribution in [0.5, 0.6) is 0 Å². The van der Waals surface area contributed by atoms with E-state index in [0.29, 0.717) is 54.5 Å². The molecule has 0 aromatic carbocycles. The number of anilines is 2. The molecule has 2 aliphatic heterocycles. The maximum absolute atomic E-state index is 13.0. The van der Waals surface area contributed by atoms with Gasteiger partial charge < -0.3 is 9.80 Å². The topological polar surface area (TPSA) is 63.0 Å². The molecular formula is C21H22F5N7. The van der Waals surface area contributed by atoms with Gasteiger partial charge in [0.25, 0.3) is 6.43 Å². The number of rotatable bonds is 4. The lowest BCUT2D eigenvalue weighted by molar-refractivity contribution is -0.141. The lowest BCUT2D eigenvalue weighted by atomic mass is 9.86. The molecule has 12 heteroatoms. The Hall–Kier alpha value is -3.05. The number of hydrogen-bond acceptors (Lipinski definition) is 6. The van der Waals surface area contributed by atoms with E-state index in [1.54, 1.807) is 19.2 Å². The monoisotopic (exact) mass is 467 g/mol. The average molecular weight is 467 g/mol. The smallest absolute Gasteiger partial charge is 0.371 e. The van der Waals surface area contributed by atoms with E-state index in [4.69, 9.17) is 0 Å². The third kappa shape index (κ3) is 4.06. The van der Waals surface area contributed by atoms with Crippen molar-refractivity contribution in [3.05, 3.63) is 35.9 Å². The van der Waals surface area contributed by atoms with Crippen molar-refractivity contribution >= 4 is 22.7 Å². The van der Waals surface area contributed by atoms with Gasteiger partial charge in [-0.1, -0.05) is 0 Å². The molecule has 2 fully saturated rings. The summed E-state index contributed by atoms with van der Waals surface area (Å²) in [6.07, 6.45) is -2.55. The normalized spacial score (nSPS) is 21.3. The summed E-state index contributed by atoms with van der Waals surface area (Å²) in [7, 11) is 0. The Kier molecular flexibility index (Phi) is 5.13. The van der Waals surface area contributed by atoms with Gasteiger partial charge in [-0.2, -0.15) is 23.3 Å². The van der Waals surface area contributed by atoms with Crippen molar-refractivity contribution < 1.29 is 22.0 Å². The van der Waals surface area contributed by atoms with E-state index in [1.165, 1.54) is 10.9 Å². The number of pyridine rings is 1. The molecule has 33 heavy (non-hydrogen) atoms. The Bertz CT molecular complexity index is 1180. The van der Waals surface area contributed by atoms with Crippen molar-refractivity contribution in [2.75, 3.05) is 36.0 Å². The second-order valence-electron chi connectivity index (χ2n) is 8.81. The molecule has 2 saturated heterocycles. The highest BCUT2D eigenvalue weighted by Crippen LogP contribution is 2.42. The summed E-state index contributed by atoms with van der Waals surface area (Å²) >= 11 is 0. The van der Waals surface area contributed by atoms with Crippen molar-refractivity contribution in [3.63, 3.8) is 0 Å². The van der Waals surface area contributed by atoms with Gasteiger partial charge >= 0.3 is 6.18 Å². The first-order valence-corrected chi connectivity index (χ1v) is 10.7. The van der Waals surface area contributed by atoms with Crippen LogP contribution in [0.3, 0.4) is 0 Å². The van der Waals surface area contributed by atoms with Crippen molar-refractivity contribution in [2.45, 2.75) is 38.9 Å². The highest BCUT2D eigenvalue weighted by atomic mass is 19.4. The summed E-state index contributed by atoms with van der Waals surface area (Å²) in [5.74, 6) is 0.455. The Morgan fingerprint density at radius 1 is 1.09 bits per heavy atom. The molecule has 1 spiro atoms. The third-order valence-corrected chi connectivity index (χ3v) is 6.53. The first-order valence-electron chi connectivity index (χ1n) is 10.7. The number of nitrogens with zero attached hydrogens (tertiary/aromatic N) is 7. The molecule has 0 bridgehead atoms. The van der Waals surface area contributed by atoms with Gasteiger partial charge in [-0.3, -0.25) is 4.98 Å². The molecule has 5 rings (SSSR count). The van der Waals surface area contributed by atoms with Gasteiger partial charge in [-0.25, -0.2) is 18.4 Å². The van der Waals surface area contributed by atoms with Gasteiger partial charge in [0.05, 0.1) is 11.1 Å². The van der Waals surface area contributed by atoms with Crippen molar-refractivity contribution in [1.82, 2.24) is 24.7 Å². The van der Waals surface area contributed by atoms with E-state index in [1.807, 2.05) is 9.80 Å². The minimum atomic E-state index is -4.48. The Morgan fingerprint density at radius 3 is 2.55 bits per heavy atom. The minimum absolute atomic E-state index is 0.0981. The molecule has 2 aliphatic rings. The standard InChI is InChI=1S/C21H22F5N7/c1-13-15-9-28-19(29-18(15)33(30-13)10-17(22)23)32-7-4-20(12-32)3-6-31(11-20)14-2-5-27-16(8-14)21(24,25)26/h2,5,8-9,17H,3-4,6-7,10-12H2,1H3. The molecule has 7 nitrogen and oxygen atoms in total. The largest absolute Gasteiger partial charge is 0.433 e. The number of halogens is 5.